The van der Waals surface area contributed by atoms with Crippen molar-refractivity contribution in [2.75, 3.05) is 33.7 Å². The normalized spacial score (nSPS) is 11.4. The molecule has 0 heterocycles. The minimum Gasteiger partial charge on any atom is -0.338 e. The van der Waals surface area contributed by atoms with Gasteiger partial charge in [0.25, 0.3) is 0 Å². The van der Waals surface area contributed by atoms with Crippen LogP contribution in [-0.2, 0) is 4.79 Å². The Balaban J connectivity index is 3.78. The molecule has 0 atom stereocenters. The molecule has 0 bridgehead atoms. The predicted molar refractivity (Wildman–Crippen MR) is 83.3 cm³/mol. The molecule has 3 heteroatoms. The molecule has 0 aromatic rings. The van der Waals surface area contributed by atoms with Gasteiger partial charge < -0.3 is 9.80 Å². The Morgan fingerprint density at radius 3 is 2.26 bits per heavy atom. The summed E-state index contributed by atoms with van der Waals surface area (Å²) in [6.45, 7) is 6.78. The second-order valence-corrected chi connectivity index (χ2v) is 5.33. The van der Waals surface area contributed by atoms with Crippen molar-refractivity contribution in [1.82, 2.24) is 9.80 Å². The number of rotatable bonds is 11. The molecular formula is C16H32N2O. The fraction of sp³-hybridized carbons (Fsp3) is 0.812. The zero-order valence-corrected chi connectivity index (χ0v) is 13.3. The highest BCUT2D eigenvalue weighted by atomic mass is 16.2. The summed E-state index contributed by atoms with van der Waals surface area (Å²) >= 11 is 0. The maximum atomic E-state index is 11.9. The van der Waals surface area contributed by atoms with E-state index in [0.717, 1.165) is 26.1 Å². The summed E-state index contributed by atoms with van der Waals surface area (Å²) in [6.07, 6.45) is 11.2. The fourth-order valence-corrected chi connectivity index (χ4v) is 1.90. The van der Waals surface area contributed by atoms with Crippen LogP contribution in [0.25, 0.3) is 0 Å². The average molecular weight is 268 g/mol. The molecule has 1 amide bonds. The lowest BCUT2D eigenvalue weighted by Crippen LogP contribution is -2.35. The van der Waals surface area contributed by atoms with Gasteiger partial charge in [-0.3, -0.25) is 4.79 Å². The largest absolute Gasteiger partial charge is 0.338 e. The van der Waals surface area contributed by atoms with Gasteiger partial charge in [-0.25, -0.2) is 0 Å². The zero-order valence-electron chi connectivity index (χ0n) is 13.3. The Bertz CT molecular complexity index is 249. The molecule has 0 rings (SSSR count). The van der Waals surface area contributed by atoms with Gasteiger partial charge in [-0.05, 0) is 39.9 Å². The molecule has 0 aliphatic rings. The summed E-state index contributed by atoms with van der Waals surface area (Å²) < 4.78 is 0. The lowest BCUT2D eigenvalue weighted by atomic mass is 10.1. The smallest absolute Gasteiger partial charge is 0.246 e. The minimum absolute atomic E-state index is 0.151. The second-order valence-electron chi connectivity index (χ2n) is 5.33. The number of unbranched alkanes of at least 4 members (excludes halogenated alkanes) is 5. The molecule has 0 spiro atoms. The van der Waals surface area contributed by atoms with Crippen LogP contribution in [0.3, 0.4) is 0 Å². The van der Waals surface area contributed by atoms with Gasteiger partial charge in [0, 0.05) is 19.6 Å². The number of carbonyl (C=O) groups is 1. The highest BCUT2D eigenvalue weighted by Gasteiger charge is 2.07. The Kier molecular flexibility index (Phi) is 11.7. The van der Waals surface area contributed by atoms with Gasteiger partial charge in [0.05, 0.1) is 0 Å². The third kappa shape index (κ3) is 10.8. The number of carbonyl (C=O) groups excluding carboxylic acids is 1. The summed E-state index contributed by atoms with van der Waals surface area (Å²) in [5, 5.41) is 0. The van der Waals surface area contributed by atoms with E-state index in [1.807, 2.05) is 32.0 Å². The van der Waals surface area contributed by atoms with Gasteiger partial charge in [0.15, 0.2) is 0 Å². The molecular weight excluding hydrogens is 236 g/mol. The predicted octanol–water partition coefficient (Wildman–Crippen LogP) is 3.31. The van der Waals surface area contributed by atoms with Crippen molar-refractivity contribution in [3.63, 3.8) is 0 Å². The van der Waals surface area contributed by atoms with Crippen molar-refractivity contribution in [2.24, 2.45) is 0 Å². The first-order valence-electron chi connectivity index (χ1n) is 7.72. The van der Waals surface area contributed by atoms with Gasteiger partial charge in [-0.15, -0.1) is 0 Å². The van der Waals surface area contributed by atoms with Crippen LogP contribution in [0.5, 0.6) is 0 Å². The van der Waals surface area contributed by atoms with Crippen molar-refractivity contribution in [1.29, 1.82) is 0 Å². The van der Waals surface area contributed by atoms with Crippen LogP contribution >= 0.6 is 0 Å². The summed E-state index contributed by atoms with van der Waals surface area (Å²) in [4.78, 5) is 15.9. The van der Waals surface area contributed by atoms with Gasteiger partial charge in [0.1, 0.15) is 0 Å². The van der Waals surface area contributed by atoms with Crippen molar-refractivity contribution < 1.29 is 4.79 Å². The molecule has 112 valence electrons. The Morgan fingerprint density at radius 2 is 1.68 bits per heavy atom. The van der Waals surface area contributed by atoms with E-state index in [-0.39, 0.29) is 5.91 Å². The Hall–Kier alpha value is -0.830. The van der Waals surface area contributed by atoms with Crippen LogP contribution < -0.4 is 0 Å². The second kappa shape index (κ2) is 12.2. The highest BCUT2D eigenvalue weighted by Crippen LogP contribution is 2.05. The van der Waals surface area contributed by atoms with Gasteiger partial charge in [0.2, 0.25) is 5.91 Å². The lowest BCUT2D eigenvalue weighted by molar-refractivity contribution is -0.126. The van der Waals surface area contributed by atoms with Gasteiger partial charge in [-0.2, -0.15) is 0 Å². The first-order valence-corrected chi connectivity index (χ1v) is 7.72. The lowest BCUT2D eigenvalue weighted by Gasteiger charge is -2.21. The van der Waals surface area contributed by atoms with E-state index >= 15 is 0 Å². The molecule has 0 saturated carbocycles. The van der Waals surface area contributed by atoms with E-state index in [0.29, 0.717) is 0 Å². The minimum atomic E-state index is 0.151. The van der Waals surface area contributed by atoms with Crippen molar-refractivity contribution in [3.05, 3.63) is 12.2 Å². The summed E-state index contributed by atoms with van der Waals surface area (Å²) in [5.41, 5.74) is 0. The van der Waals surface area contributed by atoms with Crippen LogP contribution in [0.15, 0.2) is 12.2 Å². The van der Waals surface area contributed by atoms with E-state index in [1.54, 1.807) is 6.08 Å². The van der Waals surface area contributed by atoms with Crippen molar-refractivity contribution >= 4 is 5.91 Å². The topological polar surface area (TPSA) is 23.6 Å². The Labute approximate surface area is 119 Å². The van der Waals surface area contributed by atoms with Crippen LogP contribution in [0.2, 0.25) is 0 Å². The molecule has 19 heavy (non-hydrogen) atoms. The molecule has 0 aromatic heterocycles. The number of nitrogens with zero attached hydrogens (tertiary/aromatic N) is 2. The zero-order chi connectivity index (χ0) is 14.5. The first-order chi connectivity index (χ1) is 9.11. The fourth-order valence-electron chi connectivity index (χ4n) is 1.90. The SMILES string of the molecule is CCCCCCCC=CC(=O)N(CC)CCN(C)C. The summed E-state index contributed by atoms with van der Waals surface area (Å²) in [5.74, 6) is 0.151. The number of hydrogen-bond donors (Lipinski definition) is 0. The van der Waals surface area contributed by atoms with Crippen molar-refractivity contribution in [3.8, 4) is 0 Å². The average Bonchev–Trinajstić information content (AvgIpc) is 2.38. The van der Waals surface area contributed by atoms with E-state index in [4.69, 9.17) is 0 Å². The molecule has 3 nitrogen and oxygen atoms in total. The number of allylic oxidation sites excluding steroid dienone is 1. The summed E-state index contributed by atoms with van der Waals surface area (Å²) in [7, 11) is 4.06. The molecule has 0 fully saturated rings. The molecule has 0 aliphatic carbocycles. The highest BCUT2D eigenvalue weighted by molar-refractivity contribution is 5.87. The summed E-state index contributed by atoms with van der Waals surface area (Å²) in [6, 6.07) is 0. The van der Waals surface area contributed by atoms with Gasteiger partial charge >= 0.3 is 0 Å². The number of hydrogen-bond acceptors (Lipinski definition) is 2. The standard InChI is InChI=1S/C16H32N2O/c1-5-7-8-9-10-11-12-13-16(19)18(6-2)15-14-17(3)4/h12-13H,5-11,14-15H2,1-4H3. The number of likely N-dealkylation sites (N-methyl/N-ethyl adjacent to an activating group) is 2. The molecule has 0 N–H and O–H groups in total. The monoisotopic (exact) mass is 268 g/mol. The Morgan fingerprint density at radius 1 is 1.00 bits per heavy atom. The van der Waals surface area contributed by atoms with E-state index in [2.05, 4.69) is 11.8 Å². The molecule has 0 aromatic carbocycles. The molecule has 0 unspecified atom stereocenters. The van der Waals surface area contributed by atoms with Crippen LogP contribution in [0, 0.1) is 0 Å². The van der Waals surface area contributed by atoms with E-state index in [9.17, 15) is 4.79 Å². The number of amides is 1. The van der Waals surface area contributed by atoms with Crippen LogP contribution in [0.4, 0.5) is 0 Å². The third-order valence-electron chi connectivity index (χ3n) is 3.25. The molecule has 0 aliphatic heterocycles. The first kappa shape index (κ1) is 18.2. The van der Waals surface area contributed by atoms with E-state index in [1.165, 1.54) is 32.1 Å². The van der Waals surface area contributed by atoms with Crippen molar-refractivity contribution in [2.45, 2.75) is 52.4 Å². The quantitative estimate of drug-likeness (QED) is 0.424. The van der Waals surface area contributed by atoms with E-state index < -0.39 is 0 Å². The molecule has 0 saturated heterocycles. The van der Waals surface area contributed by atoms with Gasteiger partial charge in [-0.1, -0.05) is 38.7 Å². The van der Waals surface area contributed by atoms with Crippen LogP contribution in [0.1, 0.15) is 52.4 Å². The maximum absolute atomic E-state index is 11.9. The van der Waals surface area contributed by atoms with Crippen LogP contribution in [-0.4, -0.2) is 49.4 Å². The molecule has 0 radical (unpaired) electrons. The third-order valence-corrected chi connectivity index (χ3v) is 3.25. The maximum Gasteiger partial charge on any atom is 0.246 e.